The van der Waals surface area contributed by atoms with Crippen LogP contribution in [0.2, 0.25) is 0 Å². The fourth-order valence-electron chi connectivity index (χ4n) is 0.270. The van der Waals surface area contributed by atoms with E-state index in [1.807, 2.05) is 0 Å². The zero-order valence-electron chi connectivity index (χ0n) is 5.76. The molecule has 2 unspecified atom stereocenters. The number of aliphatic hydroxyl groups is 2. The molecule has 2 atom stereocenters. The molecule has 11 heavy (non-hydrogen) atoms. The van der Waals surface area contributed by atoms with E-state index in [-0.39, 0.29) is 6.15 Å². The summed E-state index contributed by atoms with van der Waals surface area (Å²) in [5.41, 5.74) is 0. The van der Waals surface area contributed by atoms with Crippen molar-refractivity contribution < 1.29 is 30.0 Å². The van der Waals surface area contributed by atoms with Crippen LogP contribution in [-0.4, -0.2) is 44.6 Å². The lowest BCUT2D eigenvalue weighted by Gasteiger charge is -2.07. The Hall–Kier alpha value is -1.18. The van der Waals surface area contributed by atoms with Gasteiger partial charge < -0.3 is 26.6 Å². The van der Waals surface area contributed by atoms with Crippen LogP contribution in [0.1, 0.15) is 0 Å². The highest BCUT2D eigenvalue weighted by Gasteiger charge is 2.29. The number of rotatable bonds is 3. The van der Waals surface area contributed by atoms with Crippen LogP contribution in [0, 0.1) is 0 Å². The van der Waals surface area contributed by atoms with Crippen LogP contribution in [0.5, 0.6) is 0 Å². The van der Waals surface area contributed by atoms with Crippen LogP contribution in [0.3, 0.4) is 0 Å². The third-order valence-electron chi connectivity index (χ3n) is 0.805. The van der Waals surface area contributed by atoms with Gasteiger partial charge in [-0.1, -0.05) is 0 Å². The Morgan fingerprint density at radius 2 is 1.09 bits per heavy atom. The predicted molar refractivity (Wildman–Crippen MR) is 33.3 cm³/mol. The number of carboxylic acid groups (broad SMARTS) is 2. The number of aliphatic carboxylic acids is 2. The maximum absolute atomic E-state index is 9.77. The molecule has 7 heteroatoms. The fourth-order valence-corrected chi connectivity index (χ4v) is 0.270. The largest absolute Gasteiger partial charge is 0.479 e. The maximum Gasteiger partial charge on any atom is 0.335 e. The molecule has 0 aliphatic rings. The van der Waals surface area contributed by atoms with E-state index in [4.69, 9.17) is 20.4 Å². The second-order valence-electron chi connectivity index (χ2n) is 1.57. The van der Waals surface area contributed by atoms with Crippen molar-refractivity contribution in [3.8, 4) is 0 Å². The van der Waals surface area contributed by atoms with Gasteiger partial charge in [0.1, 0.15) is 0 Å². The first-order valence-electron chi connectivity index (χ1n) is 2.28. The van der Waals surface area contributed by atoms with Crippen molar-refractivity contribution in [1.29, 1.82) is 0 Å². The van der Waals surface area contributed by atoms with Crippen molar-refractivity contribution >= 4 is 11.9 Å². The minimum absolute atomic E-state index is 0. The van der Waals surface area contributed by atoms with Crippen molar-refractivity contribution in [2.75, 3.05) is 0 Å². The van der Waals surface area contributed by atoms with Crippen molar-refractivity contribution in [2.24, 2.45) is 0 Å². The van der Waals surface area contributed by atoms with Gasteiger partial charge in [0.15, 0.2) is 12.2 Å². The van der Waals surface area contributed by atoms with E-state index in [2.05, 4.69) is 0 Å². The summed E-state index contributed by atoms with van der Waals surface area (Å²) >= 11 is 0. The minimum Gasteiger partial charge on any atom is -0.479 e. The van der Waals surface area contributed by atoms with Crippen LogP contribution < -0.4 is 6.15 Å². The molecular formula is C4H10NO6+. The second-order valence-corrected chi connectivity index (χ2v) is 1.57. The van der Waals surface area contributed by atoms with Crippen LogP contribution in [0.15, 0.2) is 0 Å². The topological polar surface area (TPSA) is 152 Å². The molecule has 0 saturated carbocycles. The lowest BCUT2D eigenvalue weighted by atomic mass is 10.2. The highest BCUT2D eigenvalue weighted by molar-refractivity contribution is 5.82. The summed E-state index contributed by atoms with van der Waals surface area (Å²) in [7, 11) is 0. The second kappa shape index (κ2) is 4.61. The van der Waals surface area contributed by atoms with E-state index in [1.54, 1.807) is 0 Å². The van der Waals surface area contributed by atoms with Gasteiger partial charge in [0.05, 0.1) is 0 Å². The van der Waals surface area contributed by atoms with Crippen LogP contribution in [0.4, 0.5) is 0 Å². The average Bonchev–Trinajstić information content (AvgIpc) is 1.84. The first kappa shape index (κ1) is 12.5. The Balaban J connectivity index is 0. The molecule has 7 nitrogen and oxygen atoms in total. The molecule has 0 fully saturated rings. The molecule has 0 heterocycles. The molecule has 0 aromatic heterocycles. The Morgan fingerprint density at radius 1 is 0.909 bits per heavy atom. The third-order valence-corrected chi connectivity index (χ3v) is 0.805. The highest BCUT2D eigenvalue weighted by Crippen LogP contribution is 1.92. The molecule has 0 spiro atoms. The van der Waals surface area contributed by atoms with Gasteiger partial charge in [0, 0.05) is 0 Å². The molecule has 0 aliphatic carbocycles. The summed E-state index contributed by atoms with van der Waals surface area (Å²) in [4.78, 5) is 19.5. The summed E-state index contributed by atoms with van der Waals surface area (Å²) in [6, 6.07) is 0. The fraction of sp³-hybridized carbons (Fsp3) is 0.500. The molecule has 0 rings (SSSR count). The van der Waals surface area contributed by atoms with Crippen LogP contribution in [-0.2, 0) is 9.59 Å². The Labute approximate surface area is 61.5 Å². The van der Waals surface area contributed by atoms with Gasteiger partial charge in [-0.15, -0.1) is 0 Å². The summed E-state index contributed by atoms with van der Waals surface area (Å²) in [6.07, 6.45) is -4.53. The monoisotopic (exact) mass is 168 g/mol. The summed E-state index contributed by atoms with van der Waals surface area (Å²) < 4.78 is 0. The van der Waals surface area contributed by atoms with E-state index in [1.165, 1.54) is 0 Å². The van der Waals surface area contributed by atoms with Gasteiger partial charge in [0.2, 0.25) is 0 Å². The van der Waals surface area contributed by atoms with Gasteiger partial charge in [0.25, 0.3) is 0 Å². The quantitative estimate of drug-likeness (QED) is 0.337. The first-order valence-corrected chi connectivity index (χ1v) is 2.28. The van der Waals surface area contributed by atoms with Crippen LogP contribution in [0.25, 0.3) is 0 Å². The summed E-state index contributed by atoms with van der Waals surface area (Å²) in [5.74, 6) is -3.54. The number of hydrogen-bond donors (Lipinski definition) is 5. The number of aliphatic hydroxyl groups excluding tert-OH is 2. The zero-order valence-corrected chi connectivity index (χ0v) is 5.76. The smallest absolute Gasteiger partial charge is 0.335 e. The molecule has 0 aliphatic heterocycles. The molecule has 0 aromatic rings. The third kappa shape index (κ3) is 3.50. The SMILES string of the molecule is O=C(O)C(O)C(O)C(=O)O.[NH4+]. The number of quaternary nitrogens is 1. The van der Waals surface area contributed by atoms with E-state index >= 15 is 0 Å². The van der Waals surface area contributed by atoms with E-state index < -0.39 is 24.1 Å². The highest BCUT2D eigenvalue weighted by atomic mass is 16.4. The normalized spacial score (nSPS) is 14.4. The minimum atomic E-state index is -2.27. The Morgan fingerprint density at radius 3 is 1.18 bits per heavy atom. The average molecular weight is 168 g/mol. The van der Waals surface area contributed by atoms with Crippen molar-refractivity contribution in [1.82, 2.24) is 6.15 Å². The molecule has 8 N–H and O–H groups in total. The van der Waals surface area contributed by atoms with Crippen LogP contribution >= 0.6 is 0 Å². The van der Waals surface area contributed by atoms with E-state index in [9.17, 15) is 9.59 Å². The number of carbonyl (C=O) groups is 2. The molecule has 66 valence electrons. The lowest BCUT2D eigenvalue weighted by molar-refractivity contribution is -0.165. The lowest BCUT2D eigenvalue weighted by Crippen LogP contribution is -2.39. The number of carboxylic acids is 2. The van der Waals surface area contributed by atoms with Gasteiger partial charge >= 0.3 is 11.9 Å². The first-order chi connectivity index (χ1) is 4.46. The van der Waals surface area contributed by atoms with Crippen molar-refractivity contribution in [2.45, 2.75) is 12.2 Å². The maximum atomic E-state index is 9.77. The standard InChI is InChI=1S/C4H6O6.H3N/c5-1(3(7)8)2(6)4(9)10;/h1-2,5-6H,(H,7,8)(H,9,10);1H3/p+1. The molecule has 0 aromatic carbocycles. The molecular weight excluding hydrogens is 158 g/mol. The van der Waals surface area contributed by atoms with E-state index in [0.29, 0.717) is 0 Å². The molecule has 0 radical (unpaired) electrons. The Bertz CT molecular complexity index is 139. The van der Waals surface area contributed by atoms with Gasteiger partial charge in [-0.25, -0.2) is 9.59 Å². The summed E-state index contributed by atoms with van der Waals surface area (Å²) in [6.45, 7) is 0. The van der Waals surface area contributed by atoms with Gasteiger partial charge in [-0.2, -0.15) is 0 Å². The molecule has 0 saturated heterocycles. The molecule has 0 amide bonds. The molecule has 0 bridgehead atoms. The zero-order chi connectivity index (χ0) is 8.31. The predicted octanol–water partition coefficient (Wildman–Crippen LogP) is -1.75. The van der Waals surface area contributed by atoms with Gasteiger partial charge in [-0.3, -0.25) is 0 Å². The van der Waals surface area contributed by atoms with E-state index in [0.717, 1.165) is 0 Å². The summed E-state index contributed by atoms with van der Waals surface area (Å²) in [5, 5.41) is 32.5. The number of hydrogen-bond acceptors (Lipinski definition) is 4. The van der Waals surface area contributed by atoms with Crippen molar-refractivity contribution in [3.05, 3.63) is 0 Å². The van der Waals surface area contributed by atoms with Crippen molar-refractivity contribution in [3.63, 3.8) is 0 Å². The Kier molecular flexibility index (Phi) is 5.23. The van der Waals surface area contributed by atoms with Gasteiger partial charge in [-0.05, 0) is 0 Å².